The van der Waals surface area contributed by atoms with E-state index in [2.05, 4.69) is 26.6 Å². The summed E-state index contributed by atoms with van der Waals surface area (Å²) >= 11 is 0. The van der Waals surface area contributed by atoms with Gasteiger partial charge in [-0.3, -0.25) is 48.1 Å². The summed E-state index contributed by atoms with van der Waals surface area (Å²) < 4.78 is 30.5. The number of aliphatic hydroxyl groups excluding tert-OH is 3. The summed E-state index contributed by atoms with van der Waals surface area (Å²) in [6.07, 6.45) is 8.14. The van der Waals surface area contributed by atoms with Gasteiger partial charge in [-0.15, -0.1) is 0 Å². The molecule has 2 unspecified atom stereocenters. The van der Waals surface area contributed by atoms with Gasteiger partial charge in [0.15, 0.2) is 22.4 Å². The van der Waals surface area contributed by atoms with Crippen molar-refractivity contribution in [1.29, 1.82) is 0 Å². The number of esters is 1. The van der Waals surface area contributed by atoms with Gasteiger partial charge in [-0.25, -0.2) is 14.6 Å². The van der Waals surface area contributed by atoms with E-state index in [1.807, 2.05) is 39.8 Å². The number of aromatic nitrogens is 1. The number of anilines is 3. The molecule has 11 atom stereocenters. The maximum absolute atomic E-state index is 15.1. The fourth-order valence-electron chi connectivity index (χ4n) is 15.3. The van der Waals surface area contributed by atoms with Gasteiger partial charge in [-0.1, -0.05) is 91.6 Å². The van der Waals surface area contributed by atoms with Crippen molar-refractivity contribution in [2.75, 3.05) is 61.3 Å². The lowest BCUT2D eigenvalue weighted by molar-refractivity contribution is -0.157. The van der Waals surface area contributed by atoms with E-state index in [0.717, 1.165) is 6.42 Å². The number of rotatable bonds is 22. The molecule has 5 heterocycles. The van der Waals surface area contributed by atoms with Crippen molar-refractivity contribution in [3.05, 3.63) is 109 Å². The average Bonchev–Trinajstić information content (AvgIpc) is 1.64. The minimum Gasteiger partial charge on any atom is -0.507 e. The predicted octanol–water partition coefficient (Wildman–Crippen LogP) is 7.44. The number of unbranched alkanes of at least 4 members (excludes halogenated alkanes) is 2. The Bertz CT molecular complexity index is 4720. The Morgan fingerprint density at radius 1 is 0.883 bits per heavy atom. The Kier molecular flexibility index (Phi) is 26.0. The number of likely N-dealkylation sites (tertiary alicyclic amines) is 1. The van der Waals surface area contributed by atoms with Gasteiger partial charge in [-0.2, -0.15) is 0 Å². The molecule has 111 heavy (non-hydrogen) atoms. The molecule has 2 saturated heterocycles. The van der Waals surface area contributed by atoms with Crippen molar-refractivity contribution >= 4 is 117 Å². The quantitative estimate of drug-likeness (QED) is 0.00612. The van der Waals surface area contributed by atoms with Crippen molar-refractivity contribution < 1.29 is 86.9 Å². The molecule has 3 fully saturated rings. The van der Waals surface area contributed by atoms with Gasteiger partial charge in [0.05, 0.1) is 29.1 Å². The van der Waals surface area contributed by atoms with Crippen LogP contribution in [0.15, 0.2) is 86.5 Å². The number of aliphatic hydroxyl groups is 3. The van der Waals surface area contributed by atoms with Crippen molar-refractivity contribution in [2.24, 2.45) is 40.7 Å². The minimum absolute atomic E-state index is 0.00863. The second-order valence-corrected chi connectivity index (χ2v) is 30.4. The molecule has 5 aromatic rings. The number of hydrogen-bond donors (Lipinski definition) is 10. The smallest absolute Gasteiger partial charge is 0.410 e. The van der Waals surface area contributed by atoms with Crippen LogP contribution in [0.1, 0.15) is 144 Å². The van der Waals surface area contributed by atoms with Crippen LogP contribution in [0.5, 0.6) is 11.5 Å². The SMILES string of the molecule is C[B]C(C)(CC)C1CC(=O)N(CCCCCNC(=O)C2(C(=O)N[C@@H](CCCNC(N)=O)C(=O)Nc3ccc(COC(=O)N4CCN(c5cc(=O)c6nc7c(oc6c5)c5c(=O)c6c(O)c(C)c8c(c67)=C(O)[C@@](C)(O/C=C/C[C@@H](C)[C@@H](OC(C)=O)[C@H](C)[C@H](O)[C@H](C)[C@@H](O)[C@@H](C)/C=C/C=C(/C)C(=O)N5)O8)CC4)cc3)CCC2)C1=O. The van der Waals surface area contributed by atoms with Gasteiger partial charge in [0.1, 0.15) is 54.2 Å². The molecule has 4 aliphatic heterocycles. The van der Waals surface area contributed by atoms with E-state index in [4.69, 9.17) is 34.1 Å². The van der Waals surface area contributed by atoms with Crippen LogP contribution in [0.2, 0.25) is 12.1 Å². The number of nitrogens with two attached hydrogens (primary N) is 1. The number of nitrogens with one attached hydrogen (secondary N) is 5. The molecule has 1 radical (unpaired) electrons. The number of allylic oxidation sites excluding steroid dienone is 3. The monoisotopic (exact) mass is 1530 g/mol. The summed E-state index contributed by atoms with van der Waals surface area (Å²) in [5.74, 6) is -9.39. The molecule has 9 amide bonds. The Morgan fingerprint density at radius 2 is 1.59 bits per heavy atom. The van der Waals surface area contributed by atoms with Crippen LogP contribution in [0.3, 0.4) is 0 Å². The van der Waals surface area contributed by atoms with Crippen molar-refractivity contribution in [3.8, 4) is 11.5 Å². The number of fused-ring (bicyclic) bond motifs is 5. The summed E-state index contributed by atoms with van der Waals surface area (Å²) in [5.41, 5.74) is 2.25. The Morgan fingerprint density at radius 3 is 2.24 bits per heavy atom. The molecule has 10 rings (SSSR count). The molecule has 1 aliphatic carbocycles. The van der Waals surface area contributed by atoms with Gasteiger partial charge in [0.25, 0.3) is 5.91 Å². The number of amides is 9. The van der Waals surface area contributed by atoms with Gasteiger partial charge in [0.2, 0.25) is 40.4 Å². The maximum atomic E-state index is 15.1. The van der Waals surface area contributed by atoms with Crippen molar-refractivity contribution in [3.63, 3.8) is 0 Å². The second-order valence-electron chi connectivity index (χ2n) is 30.4. The lowest BCUT2D eigenvalue weighted by atomic mass is 9.48. The van der Waals surface area contributed by atoms with E-state index < -0.39 is 134 Å². The fourth-order valence-corrected chi connectivity index (χ4v) is 15.3. The highest BCUT2D eigenvalue weighted by molar-refractivity contribution is 6.39. The normalized spacial score (nSPS) is 24.8. The first-order valence-electron chi connectivity index (χ1n) is 38.1. The second kappa shape index (κ2) is 34.8. The molecule has 11 N–H and O–H groups in total. The number of aromatic hydroxyl groups is 1. The number of imide groups is 1. The lowest BCUT2D eigenvalue weighted by Gasteiger charge is -2.39. The van der Waals surface area contributed by atoms with Crippen molar-refractivity contribution in [1.82, 2.24) is 30.7 Å². The molecule has 30 nitrogen and oxygen atoms in total. The summed E-state index contributed by atoms with van der Waals surface area (Å²) in [7, 11) is 2.00. The van der Waals surface area contributed by atoms with Crippen LogP contribution in [0.25, 0.3) is 38.7 Å². The Balaban J connectivity index is 0.807. The van der Waals surface area contributed by atoms with E-state index in [0.29, 0.717) is 42.6 Å². The maximum Gasteiger partial charge on any atom is 0.410 e. The largest absolute Gasteiger partial charge is 0.507 e. The third-order valence-corrected chi connectivity index (χ3v) is 23.0. The zero-order valence-corrected chi connectivity index (χ0v) is 64.7. The Hall–Kier alpha value is -10.6. The summed E-state index contributed by atoms with van der Waals surface area (Å²) in [5, 5.41) is 60.0. The van der Waals surface area contributed by atoms with Gasteiger partial charge >= 0.3 is 23.9 Å². The van der Waals surface area contributed by atoms with E-state index in [9.17, 15) is 68.4 Å². The summed E-state index contributed by atoms with van der Waals surface area (Å²) in [6.45, 7) is 19.7. The van der Waals surface area contributed by atoms with Crippen molar-refractivity contribution in [2.45, 2.75) is 189 Å². The van der Waals surface area contributed by atoms with E-state index in [1.165, 1.54) is 62.0 Å². The molecular formula is C80H102BN10O20. The van der Waals surface area contributed by atoms with Gasteiger partial charge in [-0.05, 0) is 100 Å². The number of ether oxygens (including phenoxy) is 4. The first kappa shape index (κ1) is 82.9. The molecular weight excluding hydrogens is 1430 g/mol. The topological polar surface area (TPSA) is 428 Å². The van der Waals surface area contributed by atoms with Crippen LogP contribution in [0, 0.1) is 41.9 Å². The lowest BCUT2D eigenvalue weighted by Crippen LogP contribution is -2.58. The van der Waals surface area contributed by atoms with E-state index in [-0.39, 0.29) is 164 Å². The number of nitrogens with zero attached hydrogens (tertiary/aromatic N) is 4. The number of phenolic OH excluding ortho intramolecular Hbond substituents is 1. The third kappa shape index (κ3) is 17.6. The fraction of sp³-hybridized carbons (Fsp3) is 0.525. The molecule has 1 aromatic heterocycles. The molecule has 0 spiro atoms. The summed E-state index contributed by atoms with van der Waals surface area (Å²) in [4.78, 5) is 159. The highest BCUT2D eigenvalue weighted by Gasteiger charge is 2.52. The average molecular weight is 1530 g/mol. The van der Waals surface area contributed by atoms with Gasteiger partial charge in [0, 0.05) is 130 Å². The zero-order chi connectivity index (χ0) is 80.7. The first-order valence-corrected chi connectivity index (χ1v) is 38.1. The minimum atomic E-state index is -2.01. The van der Waals surface area contributed by atoms with Crippen LogP contribution in [-0.4, -0.2) is 172 Å². The molecule has 595 valence electrons. The number of urea groups is 1. The number of benzene rings is 4. The van der Waals surface area contributed by atoms with Crippen LogP contribution in [0.4, 0.5) is 26.7 Å². The number of hydrogen-bond acceptors (Lipinski definition) is 22. The molecule has 31 heteroatoms. The van der Waals surface area contributed by atoms with Crippen LogP contribution >= 0.6 is 0 Å². The third-order valence-electron chi connectivity index (χ3n) is 23.0. The standard InChI is InChI=1S/C80H102BN10O20/c1-12-78(9,81-11)52-40-56(94)91(73(52)102)32-15-13-14-30-83-74(103)80(28-19-29-80)75(104)86-53(23-17-31-84-76(82)105)72(101)85-50-26-24-49(25-27-50)41-107-77(106)90-35-33-89(34-36-90)51-38-54(93)60-55(39-51)110-69-61(87-60)57-58-65(97)47(7)68-59(57)70(99)79(10,111-68)108-37-18-22-43(3)67(109-48(8)92)46(6)64(96)45(5)63(95)42(2)20-16-21-44(4)71(100)88-62(69)66(58)98/h16,18,20-21,24-27,37-39,42-43,45-46,52-53,63-64,67,95-97,99H,12-15,17,19,22-23,28-36,40-41H2,1-11H3,(H,83,103)(H,85,101)(H,86,104)(H,88,100)(H3,82,84,105)/b20-16+,37-18+,44-21-/t42-,43+,45+,46+,52?,53-,63-,64+,67+,78?,79-/m0/s1. The van der Waals surface area contributed by atoms with Gasteiger partial charge < -0.3 is 85.9 Å². The molecule has 4 aromatic carbocycles. The summed E-state index contributed by atoms with van der Waals surface area (Å²) in [6, 6.07) is 7.44. The van der Waals surface area contributed by atoms with E-state index >= 15 is 4.79 Å². The Labute approximate surface area is 643 Å². The zero-order valence-electron chi connectivity index (χ0n) is 64.7. The van der Waals surface area contributed by atoms with Crippen LogP contribution in [-0.2, 0) is 54.4 Å². The number of phenols is 1. The number of carbonyl (C=O) groups is 9. The number of piperazine rings is 1. The molecule has 1 saturated carbocycles. The number of carbonyl (C=O) groups excluding carboxylic acids is 9. The van der Waals surface area contributed by atoms with Crippen LogP contribution < -0.4 is 58.0 Å². The highest BCUT2D eigenvalue weighted by atomic mass is 16.7. The first-order chi connectivity index (χ1) is 52.7. The molecule has 5 bridgehead atoms. The van der Waals surface area contributed by atoms with E-state index in [1.54, 1.807) is 63.3 Å². The number of primary amides is 1. The predicted molar refractivity (Wildman–Crippen MR) is 415 cm³/mol. The molecule has 5 aliphatic rings. The highest BCUT2D eigenvalue weighted by Crippen LogP contribution is 2.46.